The monoisotopic (exact) mass is 321 g/mol. The third-order valence-corrected chi connectivity index (χ3v) is 4.78. The van der Waals surface area contributed by atoms with Gasteiger partial charge in [0.1, 0.15) is 0 Å². The van der Waals surface area contributed by atoms with E-state index in [1.807, 2.05) is 35.2 Å². The van der Waals surface area contributed by atoms with Gasteiger partial charge in [-0.2, -0.15) is 0 Å². The molecule has 24 heavy (non-hydrogen) atoms. The Labute approximate surface area is 140 Å². The van der Waals surface area contributed by atoms with E-state index >= 15 is 0 Å². The predicted molar refractivity (Wildman–Crippen MR) is 94.2 cm³/mol. The largest absolute Gasteiger partial charge is 0.398 e. The number of fused-ring (bicyclic) bond motifs is 2. The summed E-state index contributed by atoms with van der Waals surface area (Å²) in [5.74, 6) is 0.0169. The molecule has 5 heteroatoms. The summed E-state index contributed by atoms with van der Waals surface area (Å²) in [5, 5.41) is 2.85. The highest BCUT2D eigenvalue weighted by molar-refractivity contribution is 6.08. The number of benzene rings is 2. The molecule has 5 nitrogen and oxygen atoms in total. The van der Waals surface area contributed by atoms with Gasteiger partial charge in [0.15, 0.2) is 0 Å². The van der Waals surface area contributed by atoms with Crippen LogP contribution in [0.4, 0.5) is 17.1 Å². The number of carbonyl (C=O) groups is 2. The van der Waals surface area contributed by atoms with Gasteiger partial charge in [-0.05, 0) is 60.7 Å². The number of rotatable bonds is 1. The lowest BCUT2D eigenvalue weighted by Crippen LogP contribution is -2.36. The zero-order valence-electron chi connectivity index (χ0n) is 13.3. The summed E-state index contributed by atoms with van der Waals surface area (Å²) in [6.07, 6.45) is 2.95. The number of hydrogen-bond acceptors (Lipinski definition) is 3. The molecule has 0 atom stereocenters. The molecule has 0 fully saturated rings. The van der Waals surface area contributed by atoms with Crippen LogP contribution in [0.15, 0.2) is 36.4 Å². The molecule has 0 unspecified atom stereocenters. The molecule has 2 heterocycles. The highest BCUT2D eigenvalue weighted by Gasteiger charge is 2.25. The molecule has 2 aromatic rings. The fourth-order valence-corrected chi connectivity index (χ4v) is 3.53. The molecule has 0 saturated carbocycles. The smallest absolute Gasteiger partial charge is 0.258 e. The molecular formula is C19H19N3O2. The first-order chi connectivity index (χ1) is 11.6. The van der Waals surface area contributed by atoms with E-state index in [0.717, 1.165) is 41.0 Å². The first-order valence-electron chi connectivity index (χ1n) is 8.25. The second-order valence-corrected chi connectivity index (χ2v) is 6.33. The predicted octanol–water partition coefficient (Wildman–Crippen LogP) is 2.75. The number of nitrogens with two attached hydrogens (primary N) is 1. The normalized spacial score (nSPS) is 16.2. The van der Waals surface area contributed by atoms with Crippen LogP contribution in [0.25, 0.3) is 0 Å². The summed E-state index contributed by atoms with van der Waals surface area (Å²) in [4.78, 5) is 26.3. The van der Waals surface area contributed by atoms with Crippen LogP contribution in [0.3, 0.4) is 0 Å². The van der Waals surface area contributed by atoms with E-state index in [-0.39, 0.29) is 11.8 Å². The fraction of sp³-hybridized carbons (Fsp3) is 0.263. The molecule has 2 amide bonds. The molecule has 2 aromatic carbocycles. The van der Waals surface area contributed by atoms with Crippen molar-refractivity contribution in [3.63, 3.8) is 0 Å². The third-order valence-electron chi connectivity index (χ3n) is 4.78. The summed E-state index contributed by atoms with van der Waals surface area (Å²) in [6.45, 7) is 0.698. The lowest BCUT2D eigenvalue weighted by atomic mass is 9.97. The fourth-order valence-electron chi connectivity index (χ4n) is 3.53. The highest BCUT2D eigenvalue weighted by atomic mass is 16.2. The van der Waals surface area contributed by atoms with Gasteiger partial charge in [0.25, 0.3) is 5.91 Å². The van der Waals surface area contributed by atoms with Crippen molar-refractivity contribution in [1.82, 2.24) is 0 Å². The van der Waals surface area contributed by atoms with Crippen molar-refractivity contribution in [1.29, 1.82) is 0 Å². The Hall–Kier alpha value is -2.82. The molecule has 3 N–H and O–H groups in total. The molecule has 0 bridgehead atoms. The molecule has 0 aliphatic carbocycles. The first kappa shape index (κ1) is 14.8. The molecule has 122 valence electrons. The van der Waals surface area contributed by atoms with Crippen LogP contribution in [0.1, 0.15) is 34.3 Å². The van der Waals surface area contributed by atoms with Gasteiger partial charge in [-0.25, -0.2) is 0 Å². The number of hydrogen-bond donors (Lipinski definition) is 2. The molecule has 4 rings (SSSR count). The summed E-state index contributed by atoms with van der Waals surface area (Å²) < 4.78 is 0. The minimum absolute atomic E-state index is 0.0127. The van der Waals surface area contributed by atoms with Crippen LogP contribution >= 0.6 is 0 Å². The maximum Gasteiger partial charge on any atom is 0.258 e. The maximum atomic E-state index is 13.0. The summed E-state index contributed by atoms with van der Waals surface area (Å²) in [6, 6.07) is 11.2. The van der Waals surface area contributed by atoms with E-state index in [1.165, 1.54) is 0 Å². The van der Waals surface area contributed by atoms with Crippen molar-refractivity contribution in [2.24, 2.45) is 0 Å². The Morgan fingerprint density at radius 2 is 2.00 bits per heavy atom. The zero-order valence-corrected chi connectivity index (χ0v) is 13.3. The van der Waals surface area contributed by atoms with Gasteiger partial charge in [0.05, 0.1) is 0 Å². The molecule has 0 radical (unpaired) electrons. The van der Waals surface area contributed by atoms with E-state index in [1.54, 1.807) is 6.07 Å². The average Bonchev–Trinajstić information content (AvgIpc) is 2.60. The van der Waals surface area contributed by atoms with Crippen molar-refractivity contribution in [2.45, 2.75) is 25.7 Å². The van der Waals surface area contributed by atoms with Crippen molar-refractivity contribution in [3.8, 4) is 0 Å². The van der Waals surface area contributed by atoms with Gasteiger partial charge in [-0.3, -0.25) is 9.59 Å². The minimum Gasteiger partial charge on any atom is -0.398 e. The average molecular weight is 321 g/mol. The Bertz CT molecular complexity index is 845. The van der Waals surface area contributed by atoms with E-state index in [0.29, 0.717) is 24.9 Å². The third kappa shape index (κ3) is 2.42. The van der Waals surface area contributed by atoms with Crippen LogP contribution in [-0.4, -0.2) is 18.4 Å². The Balaban J connectivity index is 1.68. The van der Waals surface area contributed by atoms with Gasteiger partial charge in [0, 0.05) is 35.6 Å². The maximum absolute atomic E-state index is 13.0. The second kappa shape index (κ2) is 5.67. The summed E-state index contributed by atoms with van der Waals surface area (Å²) in [5.41, 5.74) is 11.3. The number of nitrogen functional groups attached to an aromatic ring is 1. The summed E-state index contributed by atoms with van der Waals surface area (Å²) >= 11 is 0. The van der Waals surface area contributed by atoms with E-state index in [4.69, 9.17) is 5.73 Å². The zero-order chi connectivity index (χ0) is 16.7. The van der Waals surface area contributed by atoms with Crippen molar-refractivity contribution >= 4 is 28.9 Å². The lowest BCUT2D eigenvalue weighted by Gasteiger charge is -2.30. The standard InChI is InChI=1S/C19H19N3O2/c20-15-4-1-5-17-14(15)3-2-10-22(17)19(24)13-6-8-16-12(11-13)7-9-18(23)21-16/h1,4-6,8,11H,2-3,7,9-10,20H2,(H,21,23). The van der Waals surface area contributed by atoms with Crippen molar-refractivity contribution < 1.29 is 9.59 Å². The van der Waals surface area contributed by atoms with Gasteiger partial charge in [0.2, 0.25) is 5.91 Å². The molecule has 2 aliphatic heterocycles. The van der Waals surface area contributed by atoms with Gasteiger partial charge in [-0.15, -0.1) is 0 Å². The lowest BCUT2D eigenvalue weighted by molar-refractivity contribution is -0.116. The first-order valence-corrected chi connectivity index (χ1v) is 8.25. The minimum atomic E-state index is -0.0127. The topological polar surface area (TPSA) is 75.4 Å². The quantitative estimate of drug-likeness (QED) is 0.793. The second-order valence-electron chi connectivity index (χ2n) is 6.33. The Morgan fingerprint density at radius 1 is 1.12 bits per heavy atom. The number of anilines is 3. The summed E-state index contributed by atoms with van der Waals surface area (Å²) in [7, 11) is 0. The van der Waals surface area contributed by atoms with E-state index in [2.05, 4.69) is 5.32 Å². The van der Waals surface area contributed by atoms with Crippen LogP contribution in [-0.2, 0) is 17.6 Å². The molecule has 0 aromatic heterocycles. The van der Waals surface area contributed by atoms with Crippen molar-refractivity contribution in [2.75, 3.05) is 22.5 Å². The van der Waals surface area contributed by atoms with Crippen molar-refractivity contribution in [3.05, 3.63) is 53.1 Å². The van der Waals surface area contributed by atoms with E-state index < -0.39 is 0 Å². The number of carbonyl (C=O) groups excluding carboxylic acids is 2. The number of aryl methyl sites for hydroxylation is 1. The SMILES string of the molecule is Nc1cccc2c1CCCN2C(=O)c1ccc2c(c1)CCC(=O)N2. The highest BCUT2D eigenvalue weighted by Crippen LogP contribution is 2.33. The van der Waals surface area contributed by atoms with Crippen LogP contribution in [0.5, 0.6) is 0 Å². The number of amides is 2. The Morgan fingerprint density at radius 3 is 2.88 bits per heavy atom. The number of nitrogens with one attached hydrogen (secondary N) is 1. The van der Waals surface area contributed by atoms with E-state index in [9.17, 15) is 9.59 Å². The van der Waals surface area contributed by atoms with Crippen LogP contribution in [0.2, 0.25) is 0 Å². The van der Waals surface area contributed by atoms with Gasteiger partial charge < -0.3 is 16.0 Å². The van der Waals surface area contributed by atoms with Gasteiger partial charge in [-0.1, -0.05) is 6.07 Å². The van der Waals surface area contributed by atoms with Gasteiger partial charge >= 0.3 is 0 Å². The number of nitrogens with zero attached hydrogens (tertiary/aromatic N) is 1. The Kier molecular flexibility index (Phi) is 3.49. The van der Waals surface area contributed by atoms with Crippen LogP contribution < -0.4 is 16.0 Å². The van der Waals surface area contributed by atoms with Crippen LogP contribution in [0, 0.1) is 0 Å². The molecule has 2 aliphatic rings. The molecule has 0 saturated heterocycles. The molecule has 0 spiro atoms. The molecular weight excluding hydrogens is 302 g/mol.